The van der Waals surface area contributed by atoms with E-state index in [4.69, 9.17) is 9.47 Å². The lowest BCUT2D eigenvalue weighted by molar-refractivity contribution is -0.302. The molecule has 0 aromatic rings. The van der Waals surface area contributed by atoms with Gasteiger partial charge in [0.25, 0.3) is 0 Å². The molecule has 1 aliphatic heterocycles. The molecule has 9 heteroatoms. The van der Waals surface area contributed by atoms with E-state index in [1.807, 2.05) is 6.08 Å². The summed E-state index contributed by atoms with van der Waals surface area (Å²) in [6.45, 7) is 3.68. The van der Waals surface area contributed by atoms with Gasteiger partial charge in [-0.15, -0.1) is 0 Å². The fourth-order valence-electron chi connectivity index (χ4n) is 8.95. The Morgan fingerprint density at radius 1 is 0.500 bits per heavy atom. The number of amides is 1. The summed E-state index contributed by atoms with van der Waals surface area (Å²) in [4.78, 5) is 13.1. The molecule has 7 unspecified atom stereocenters. The minimum absolute atomic E-state index is 0.188. The summed E-state index contributed by atoms with van der Waals surface area (Å²) in [7, 11) is 0. The summed E-state index contributed by atoms with van der Waals surface area (Å²) in [6, 6.07) is -0.816. The van der Waals surface area contributed by atoms with Gasteiger partial charge >= 0.3 is 0 Å². The maximum atomic E-state index is 13.1. The summed E-state index contributed by atoms with van der Waals surface area (Å²) >= 11 is 0. The van der Waals surface area contributed by atoms with E-state index < -0.39 is 49.5 Å². The lowest BCUT2D eigenvalue weighted by Crippen LogP contribution is -2.60. The highest BCUT2D eigenvalue weighted by atomic mass is 16.7. The Bertz CT molecular complexity index is 1330. The zero-order valence-electron chi connectivity index (χ0n) is 45.0. The number of unbranched alkanes of at least 4 members (excludes halogenated alkanes) is 29. The van der Waals surface area contributed by atoms with Crippen molar-refractivity contribution in [3.05, 3.63) is 72.9 Å². The molecular formula is C61H109NO8. The van der Waals surface area contributed by atoms with Crippen LogP contribution in [0.2, 0.25) is 0 Å². The number of aliphatic hydroxyl groups is 5. The fourth-order valence-corrected chi connectivity index (χ4v) is 8.95. The van der Waals surface area contributed by atoms with Crippen LogP contribution in [0, 0.1) is 0 Å². The molecule has 6 N–H and O–H groups in total. The second-order valence-corrected chi connectivity index (χ2v) is 20.1. The third-order valence-corrected chi connectivity index (χ3v) is 13.5. The van der Waals surface area contributed by atoms with Gasteiger partial charge in [0.15, 0.2) is 6.29 Å². The molecule has 1 heterocycles. The normalized spacial score (nSPS) is 19.9. The summed E-state index contributed by atoms with van der Waals surface area (Å²) in [5.74, 6) is -0.188. The van der Waals surface area contributed by atoms with Gasteiger partial charge in [0.1, 0.15) is 24.4 Å². The zero-order valence-corrected chi connectivity index (χ0v) is 45.0. The maximum absolute atomic E-state index is 13.1. The summed E-state index contributed by atoms with van der Waals surface area (Å²) in [5, 5.41) is 54.6. The SMILES string of the molecule is CC/C=C\C/C=C\C/C=C\C/C=C\C/C=C\CCCCCCCCCC(=O)NC(COC1OC(CO)C(O)C(O)C1O)C(O)/C=C/CCCCCCCCCCCCCCCCCCCCCCCC. The van der Waals surface area contributed by atoms with Gasteiger partial charge < -0.3 is 40.3 Å². The van der Waals surface area contributed by atoms with E-state index in [9.17, 15) is 30.3 Å². The smallest absolute Gasteiger partial charge is 0.220 e. The third-order valence-electron chi connectivity index (χ3n) is 13.5. The van der Waals surface area contributed by atoms with E-state index in [0.717, 1.165) is 83.5 Å². The van der Waals surface area contributed by atoms with E-state index in [2.05, 4.69) is 79.9 Å². The van der Waals surface area contributed by atoms with E-state index in [1.165, 1.54) is 148 Å². The van der Waals surface area contributed by atoms with Crippen LogP contribution < -0.4 is 5.32 Å². The van der Waals surface area contributed by atoms with Crippen LogP contribution in [0.5, 0.6) is 0 Å². The van der Waals surface area contributed by atoms with Crippen molar-refractivity contribution in [1.82, 2.24) is 5.32 Å². The molecule has 0 radical (unpaired) electrons. The highest BCUT2D eigenvalue weighted by Crippen LogP contribution is 2.23. The van der Waals surface area contributed by atoms with Gasteiger partial charge in [-0.2, -0.15) is 0 Å². The van der Waals surface area contributed by atoms with Gasteiger partial charge in [0.05, 0.1) is 25.4 Å². The number of allylic oxidation sites excluding steroid dienone is 11. The van der Waals surface area contributed by atoms with Crippen molar-refractivity contribution in [1.29, 1.82) is 0 Å². The minimum atomic E-state index is -1.57. The van der Waals surface area contributed by atoms with Crippen molar-refractivity contribution in [2.45, 2.75) is 294 Å². The van der Waals surface area contributed by atoms with Crippen molar-refractivity contribution in [2.24, 2.45) is 0 Å². The van der Waals surface area contributed by atoms with Gasteiger partial charge in [-0.3, -0.25) is 4.79 Å². The first-order valence-electron chi connectivity index (χ1n) is 29.2. The van der Waals surface area contributed by atoms with Crippen LogP contribution in [0.15, 0.2) is 72.9 Å². The summed E-state index contributed by atoms with van der Waals surface area (Å²) in [6.07, 6.45) is 62.4. The van der Waals surface area contributed by atoms with Crippen molar-refractivity contribution in [3.63, 3.8) is 0 Å². The lowest BCUT2D eigenvalue weighted by atomic mass is 9.99. The Balaban J connectivity index is 2.25. The van der Waals surface area contributed by atoms with Crippen LogP contribution in [0.3, 0.4) is 0 Å². The van der Waals surface area contributed by atoms with Gasteiger partial charge in [0, 0.05) is 6.42 Å². The number of hydrogen-bond donors (Lipinski definition) is 6. The van der Waals surface area contributed by atoms with Crippen molar-refractivity contribution >= 4 is 5.91 Å². The third kappa shape index (κ3) is 39.2. The Morgan fingerprint density at radius 2 is 0.886 bits per heavy atom. The molecule has 0 aromatic carbocycles. The van der Waals surface area contributed by atoms with Gasteiger partial charge in [-0.05, 0) is 64.2 Å². The molecule has 0 saturated carbocycles. The quantitative estimate of drug-likeness (QED) is 0.0261. The first-order chi connectivity index (χ1) is 34.3. The largest absolute Gasteiger partial charge is 0.394 e. The molecular weight excluding hydrogens is 875 g/mol. The van der Waals surface area contributed by atoms with Gasteiger partial charge in [-0.1, -0.05) is 254 Å². The highest BCUT2D eigenvalue weighted by Gasteiger charge is 2.44. The molecule has 406 valence electrons. The first kappa shape index (κ1) is 65.6. The molecule has 1 fully saturated rings. The molecule has 0 aromatic heterocycles. The number of rotatable bonds is 49. The van der Waals surface area contributed by atoms with Crippen LogP contribution in [-0.2, 0) is 14.3 Å². The standard InChI is InChI=1S/C61H109NO8/c1-3-5-7-9-11-13-15-17-19-21-23-25-27-29-30-32-34-36-38-40-42-44-46-48-50-55(64)54(53-69-61-60(68)59(67)58(66)56(52-63)70-61)62-57(65)51-49-47-45-43-41-39-37-35-33-31-28-26-24-22-20-18-16-14-12-10-8-6-4-2/h6,8,12,14,18,20,24,26,31,33,48,50,54-56,58-61,63-64,66-68H,3-5,7,9-11,13,15-17,19,21-23,25,27-30,32,34-47,49,51-53H2,1-2H3,(H,62,65)/b8-6-,14-12-,20-18-,26-24-,33-31-,50-48+. The summed E-state index contributed by atoms with van der Waals surface area (Å²) in [5.41, 5.74) is 0. The predicted octanol–water partition coefficient (Wildman–Crippen LogP) is 14.5. The van der Waals surface area contributed by atoms with Crippen LogP contribution in [0.4, 0.5) is 0 Å². The second kappa shape index (κ2) is 50.2. The average Bonchev–Trinajstić information content (AvgIpc) is 3.36. The Labute approximate surface area is 429 Å². The number of carbonyl (C=O) groups excluding carboxylic acids is 1. The van der Waals surface area contributed by atoms with Gasteiger partial charge in [-0.25, -0.2) is 0 Å². The number of carbonyl (C=O) groups is 1. The highest BCUT2D eigenvalue weighted by molar-refractivity contribution is 5.76. The molecule has 0 bridgehead atoms. The van der Waals surface area contributed by atoms with Crippen LogP contribution in [0.1, 0.15) is 251 Å². The molecule has 1 rings (SSSR count). The number of aliphatic hydroxyl groups excluding tert-OH is 5. The topological polar surface area (TPSA) is 149 Å². The molecule has 1 aliphatic rings. The zero-order chi connectivity index (χ0) is 50.8. The summed E-state index contributed by atoms with van der Waals surface area (Å²) < 4.78 is 11.3. The fraction of sp³-hybridized carbons (Fsp3) is 0.787. The van der Waals surface area contributed by atoms with Gasteiger partial charge in [0.2, 0.25) is 5.91 Å². The Morgan fingerprint density at radius 3 is 1.31 bits per heavy atom. The molecule has 1 amide bonds. The van der Waals surface area contributed by atoms with Crippen LogP contribution >= 0.6 is 0 Å². The average molecular weight is 985 g/mol. The Kier molecular flexibility index (Phi) is 47.1. The molecule has 9 nitrogen and oxygen atoms in total. The van der Waals surface area contributed by atoms with Crippen LogP contribution in [-0.4, -0.2) is 87.5 Å². The molecule has 7 atom stereocenters. The maximum Gasteiger partial charge on any atom is 0.220 e. The van der Waals surface area contributed by atoms with E-state index in [1.54, 1.807) is 6.08 Å². The molecule has 70 heavy (non-hydrogen) atoms. The van der Waals surface area contributed by atoms with E-state index in [-0.39, 0.29) is 12.5 Å². The first-order valence-corrected chi connectivity index (χ1v) is 29.2. The minimum Gasteiger partial charge on any atom is -0.394 e. The Hall–Kier alpha value is -2.37. The molecule has 1 saturated heterocycles. The van der Waals surface area contributed by atoms with Crippen LogP contribution in [0.25, 0.3) is 0 Å². The monoisotopic (exact) mass is 984 g/mol. The second-order valence-electron chi connectivity index (χ2n) is 20.1. The van der Waals surface area contributed by atoms with Crippen molar-refractivity contribution < 1.29 is 39.8 Å². The number of nitrogens with one attached hydrogen (secondary N) is 1. The molecule has 0 aliphatic carbocycles. The number of hydrogen-bond acceptors (Lipinski definition) is 8. The lowest BCUT2D eigenvalue weighted by Gasteiger charge is -2.40. The van der Waals surface area contributed by atoms with E-state index >= 15 is 0 Å². The number of ether oxygens (including phenoxy) is 2. The van der Waals surface area contributed by atoms with E-state index in [0.29, 0.717) is 6.42 Å². The molecule has 0 spiro atoms. The predicted molar refractivity (Wildman–Crippen MR) is 295 cm³/mol. The van der Waals surface area contributed by atoms with Crippen molar-refractivity contribution in [3.8, 4) is 0 Å². The van der Waals surface area contributed by atoms with Crippen molar-refractivity contribution in [2.75, 3.05) is 13.2 Å².